The summed E-state index contributed by atoms with van der Waals surface area (Å²) >= 11 is 0. The summed E-state index contributed by atoms with van der Waals surface area (Å²) in [5.41, 5.74) is 1.15. The van der Waals surface area contributed by atoms with E-state index in [0.29, 0.717) is 6.04 Å². The maximum absolute atomic E-state index is 5.69. The molecule has 0 aliphatic carbocycles. The van der Waals surface area contributed by atoms with E-state index in [9.17, 15) is 0 Å². The third kappa shape index (κ3) is 2.86. The Morgan fingerprint density at radius 2 is 2.16 bits per heavy atom. The van der Waals surface area contributed by atoms with Gasteiger partial charge in [-0.1, -0.05) is 12.1 Å². The van der Waals surface area contributed by atoms with Crippen LogP contribution in [0.2, 0.25) is 0 Å². The Balaban J connectivity index is 1.65. The van der Waals surface area contributed by atoms with Gasteiger partial charge in [-0.2, -0.15) is 0 Å². The first-order valence-corrected chi connectivity index (χ1v) is 7.59. The highest BCUT2D eigenvalue weighted by Gasteiger charge is 2.31. The molecule has 0 spiro atoms. The van der Waals surface area contributed by atoms with E-state index in [1.165, 1.54) is 38.8 Å². The van der Waals surface area contributed by atoms with Gasteiger partial charge in [0.15, 0.2) is 0 Å². The highest BCUT2D eigenvalue weighted by atomic mass is 16.5. The Labute approximate surface area is 115 Å². The molecule has 3 rings (SSSR count). The van der Waals surface area contributed by atoms with E-state index in [4.69, 9.17) is 4.74 Å². The topological polar surface area (TPSA) is 24.5 Å². The van der Waals surface area contributed by atoms with Crippen molar-refractivity contribution in [2.24, 2.45) is 0 Å². The van der Waals surface area contributed by atoms with Crippen LogP contribution in [0.15, 0.2) is 24.3 Å². The highest BCUT2D eigenvalue weighted by molar-refractivity contribution is 5.56. The molecule has 3 nitrogen and oxygen atoms in total. The van der Waals surface area contributed by atoms with Gasteiger partial charge in [-0.05, 0) is 51.3 Å². The first-order chi connectivity index (χ1) is 9.36. The molecule has 2 atom stereocenters. The lowest BCUT2D eigenvalue weighted by Crippen LogP contribution is -2.42. The number of ether oxygens (including phenoxy) is 1. The molecule has 19 heavy (non-hydrogen) atoms. The predicted molar refractivity (Wildman–Crippen MR) is 78.9 cm³/mol. The SMILES string of the molecule is CCOc1ccccc1NC1CCN2CCCC2C1. The Morgan fingerprint density at radius 3 is 3.05 bits per heavy atom. The van der Waals surface area contributed by atoms with Gasteiger partial charge in [0.2, 0.25) is 0 Å². The normalized spacial score (nSPS) is 27.0. The molecule has 2 saturated heterocycles. The number of nitrogens with zero attached hydrogens (tertiary/aromatic N) is 1. The fraction of sp³-hybridized carbons (Fsp3) is 0.625. The summed E-state index contributed by atoms with van der Waals surface area (Å²) in [5, 5.41) is 3.70. The quantitative estimate of drug-likeness (QED) is 0.900. The van der Waals surface area contributed by atoms with Crippen LogP contribution in [0.3, 0.4) is 0 Å². The van der Waals surface area contributed by atoms with Crippen molar-refractivity contribution in [1.29, 1.82) is 0 Å². The van der Waals surface area contributed by atoms with Crippen LogP contribution in [0.1, 0.15) is 32.6 Å². The molecule has 0 bridgehead atoms. The maximum atomic E-state index is 5.69. The fourth-order valence-electron chi connectivity index (χ4n) is 3.44. The van der Waals surface area contributed by atoms with Crippen LogP contribution in [0, 0.1) is 0 Å². The number of rotatable bonds is 4. The number of para-hydroxylation sites is 2. The summed E-state index contributed by atoms with van der Waals surface area (Å²) in [4.78, 5) is 2.66. The van der Waals surface area contributed by atoms with Crippen LogP contribution >= 0.6 is 0 Å². The van der Waals surface area contributed by atoms with Gasteiger partial charge >= 0.3 is 0 Å². The second-order valence-electron chi connectivity index (χ2n) is 5.63. The first-order valence-electron chi connectivity index (χ1n) is 7.59. The molecular weight excluding hydrogens is 236 g/mol. The number of nitrogens with one attached hydrogen (secondary N) is 1. The molecule has 3 heteroatoms. The Morgan fingerprint density at radius 1 is 1.26 bits per heavy atom. The summed E-state index contributed by atoms with van der Waals surface area (Å²) in [7, 11) is 0. The molecule has 104 valence electrons. The Bertz CT molecular complexity index is 421. The molecule has 2 aliphatic rings. The molecule has 0 amide bonds. The lowest BCUT2D eigenvalue weighted by atomic mass is 9.97. The van der Waals surface area contributed by atoms with E-state index in [0.717, 1.165) is 24.1 Å². The number of hydrogen-bond donors (Lipinski definition) is 1. The molecule has 0 saturated carbocycles. The summed E-state index contributed by atoms with van der Waals surface area (Å²) in [6, 6.07) is 9.71. The van der Waals surface area contributed by atoms with Crippen molar-refractivity contribution < 1.29 is 4.74 Å². The zero-order valence-corrected chi connectivity index (χ0v) is 11.8. The van der Waals surface area contributed by atoms with Gasteiger partial charge in [0, 0.05) is 18.6 Å². The largest absolute Gasteiger partial charge is 0.492 e. The average Bonchev–Trinajstić information content (AvgIpc) is 2.89. The Hall–Kier alpha value is -1.22. The van der Waals surface area contributed by atoms with Crippen molar-refractivity contribution in [3.8, 4) is 5.75 Å². The minimum Gasteiger partial charge on any atom is -0.492 e. The summed E-state index contributed by atoms with van der Waals surface area (Å²) < 4.78 is 5.69. The number of anilines is 1. The second kappa shape index (κ2) is 5.83. The van der Waals surface area contributed by atoms with Crippen LogP contribution in [0.25, 0.3) is 0 Å². The van der Waals surface area contributed by atoms with E-state index in [2.05, 4.69) is 28.4 Å². The second-order valence-corrected chi connectivity index (χ2v) is 5.63. The van der Waals surface area contributed by atoms with Gasteiger partial charge in [-0.3, -0.25) is 0 Å². The molecule has 2 fully saturated rings. The summed E-state index contributed by atoms with van der Waals surface area (Å²) in [6.07, 6.45) is 5.29. The zero-order chi connectivity index (χ0) is 13.1. The van der Waals surface area contributed by atoms with Crippen LogP contribution in [0.4, 0.5) is 5.69 Å². The molecule has 1 N–H and O–H groups in total. The minimum absolute atomic E-state index is 0.598. The van der Waals surface area contributed by atoms with Crippen molar-refractivity contribution >= 4 is 5.69 Å². The number of benzene rings is 1. The molecule has 2 aliphatic heterocycles. The van der Waals surface area contributed by atoms with E-state index in [1.54, 1.807) is 0 Å². The number of hydrogen-bond acceptors (Lipinski definition) is 3. The van der Waals surface area contributed by atoms with Gasteiger partial charge in [-0.15, -0.1) is 0 Å². The Kier molecular flexibility index (Phi) is 3.92. The molecule has 0 radical (unpaired) electrons. The maximum Gasteiger partial charge on any atom is 0.142 e. The van der Waals surface area contributed by atoms with Crippen molar-refractivity contribution in [2.45, 2.75) is 44.7 Å². The number of piperidine rings is 1. The van der Waals surface area contributed by atoms with Gasteiger partial charge in [0.25, 0.3) is 0 Å². The lowest BCUT2D eigenvalue weighted by Gasteiger charge is -2.35. The number of fused-ring (bicyclic) bond motifs is 1. The third-order valence-corrected chi connectivity index (χ3v) is 4.37. The van der Waals surface area contributed by atoms with Gasteiger partial charge in [-0.25, -0.2) is 0 Å². The molecule has 2 unspecified atom stereocenters. The first kappa shape index (κ1) is 12.8. The van der Waals surface area contributed by atoms with Crippen molar-refractivity contribution in [3.05, 3.63) is 24.3 Å². The summed E-state index contributed by atoms with van der Waals surface area (Å²) in [6.45, 7) is 5.32. The van der Waals surface area contributed by atoms with Crippen LogP contribution in [0.5, 0.6) is 5.75 Å². The third-order valence-electron chi connectivity index (χ3n) is 4.37. The smallest absolute Gasteiger partial charge is 0.142 e. The van der Waals surface area contributed by atoms with Crippen molar-refractivity contribution in [3.63, 3.8) is 0 Å². The highest BCUT2D eigenvalue weighted by Crippen LogP contribution is 2.31. The van der Waals surface area contributed by atoms with Crippen molar-refractivity contribution in [1.82, 2.24) is 4.90 Å². The van der Waals surface area contributed by atoms with Crippen molar-refractivity contribution in [2.75, 3.05) is 25.0 Å². The standard InChI is InChI=1S/C16H24N2O/c1-2-19-16-8-4-3-7-15(16)17-13-9-11-18-10-5-6-14(18)12-13/h3-4,7-8,13-14,17H,2,5-6,9-12H2,1H3. The van der Waals surface area contributed by atoms with Crippen LogP contribution in [-0.4, -0.2) is 36.7 Å². The van der Waals surface area contributed by atoms with E-state index < -0.39 is 0 Å². The van der Waals surface area contributed by atoms with Gasteiger partial charge in [0.05, 0.1) is 12.3 Å². The van der Waals surface area contributed by atoms with E-state index in [1.807, 2.05) is 13.0 Å². The van der Waals surface area contributed by atoms with E-state index >= 15 is 0 Å². The predicted octanol–water partition coefficient (Wildman–Crippen LogP) is 3.12. The minimum atomic E-state index is 0.598. The van der Waals surface area contributed by atoms with E-state index in [-0.39, 0.29) is 0 Å². The average molecular weight is 260 g/mol. The van der Waals surface area contributed by atoms with Crippen LogP contribution in [-0.2, 0) is 0 Å². The van der Waals surface area contributed by atoms with Crippen LogP contribution < -0.4 is 10.1 Å². The zero-order valence-electron chi connectivity index (χ0n) is 11.8. The van der Waals surface area contributed by atoms with Gasteiger partial charge in [0.1, 0.15) is 5.75 Å². The molecule has 1 aromatic carbocycles. The summed E-state index contributed by atoms with van der Waals surface area (Å²) in [5.74, 6) is 0.985. The van der Waals surface area contributed by atoms with Gasteiger partial charge < -0.3 is 15.0 Å². The monoisotopic (exact) mass is 260 g/mol. The molecule has 1 aromatic rings. The fourth-order valence-corrected chi connectivity index (χ4v) is 3.44. The lowest BCUT2D eigenvalue weighted by molar-refractivity contribution is 0.188. The molecule has 2 heterocycles. The molecular formula is C16H24N2O. The molecule has 0 aromatic heterocycles.